The van der Waals surface area contributed by atoms with E-state index in [0.29, 0.717) is 5.69 Å². The fourth-order valence-corrected chi connectivity index (χ4v) is 2.21. The number of carbonyl (C=O) groups is 1. The zero-order valence-corrected chi connectivity index (χ0v) is 14.0. The molecule has 8 nitrogen and oxygen atoms in total. The van der Waals surface area contributed by atoms with Crippen LogP contribution in [-0.2, 0) is 4.79 Å². The van der Waals surface area contributed by atoms with E-state index >= 15 is 0 Å². The van der Waals surface area contributed by atoms with E-state index < -0.39 is 22.3 Å². The SMILES string of the molecule is COc1cc(C=C(C#N)C(=O)Nc2ccccc2C)cc([N+](=O)[O-])c1O. The second-order valence-electron chi connectivity index (χ2n) is 5.29. The van der Waals surface area contributed by atoms with E-state index in [0.717, 1.165) is 11.6 Å². The van der Waals surface area contributed by atoms with Gasteiger partial charge in [-0.25, -0.2) is 0 Å². The number of nitro benzene ring substituents is 1. The van der Waals surface area contributed by atoms with Crippen molar-refractivity contribution in [2.75, 3.05) is 12.4 Å². The quantitative estimate of drug-likeness (QED) is 0.368. The van der Waals surface area contributed by atoms with Crippen molar-refractivity contribution in [1.29, 1.82) is 5.26 Å². The second-order valence-corrected chi connectivity index (χ2v) is 5.29. The van der Waals surface area contributed by atoms with Crippen LogP contribution in [0.2, 0.25) is 0 Å². The Balaban J connectivity index is 2.41. The molecule has 2 aromatic rings. The zero-order chi connectivity index (χ0) is 19.3. The van der Waals surface area contributed by atoms with Gasteiger partial charge in [-0.1, -0.05) is 18.2 Å². The highest BCUT2D eigenvalue weighted by Crippen LogP contribution is 2.37. The van der Waals surface area contributed by atoms with Gasteiger partial charge in [0, 0.05) is 11.8 Å². The number of benzene rings is 2. The lowest BCUT2D eigenvalue weighted by molar-refractivity contribution is -0.386. The van der Waals surface area contributed by atoms with Gasteiger partial charge in [0.2, 0.25) is 5.75 Å². The number of anilines is 1. The molecule has 0 bridgehead atoms. The maximum atomic E-state index is 12.3. The molecule has 2 aromatic carbocycles. The van der Waals surface area contributed by atoms with Crippen LogP contribution in [0.3, 0.4) is 0 Å². The van der Waals surface area contributed by atoms with Crippen LogP contribution in [0.4, 0.5) is 11.4 Å². The molecule has 0 atom stereocenters. The average molecular weight is 353 g/mol. The van der Waals surface area contributed by atoms with E-state index in [1.54, 1.807) is 31.2 Å². The number of nitrogens with one attached hydrogen (secondary N) is 1. The maximum Gasteiger partial charge on any atom is 0.315 e. The number of ether oxygens (including phenoxy) is 1. The third-order valence-electron chi connectivity index (χ3n) is 3.56. The number of hydrogen-bond acceptors (Lipinski definition) is 6. The Kier molecular flexibility index (Phi) is 5.55. The van der Waals surface area contributed by atoms with Crippen LogP contribution in [0.5, 0.6) is 11.5 Å². The van der Waals surface area contributed by atoms with Crippen molar-refractivity contribution in [3.05, 3.63) is 63.2 Å². The van der Waals surface area contributed by atoms with Crippen molar-refractivity contribution in [3.8, 4) is 17.6 Å². The number of carbonyl (C=O) groups excluding carboxylic acids is 1. The molecular formula is C18H15N3O5. The first-order valence-electron chi connectivity index (χ1n) is 7.41. The molecule has 0 fully saturated rings. The minimum Gasteiger partial charge on any atom is -0.500 e. The number of nitrogens with zero attached hydrogens (tertiary/aromatic N) is 2. The number of aromatic hydroxyl groups is 1. The van der Waals surface area contributed by atoms with Crippen molar-refractivity contribution < 1.29 is 19.6 Å². The summed E-state index contributed by atoms with van der Waals surface area (Å²) in [6, 6.07) is 11.2. The van der Waals surface area contributed by atoms with Crippen molar-refractivity contribution in [3.63, 3.8) is 0 Å². The predicted molar refractivity (Wildman–Crippen MR) is 94.7 cm³/mol. The number of para-hydroxylation sites is 1. The molecule has 8 heteroatoms. The Morgan fingerprint density at radius 2 is 2.08 bits per heavy atom. The molecule has 132 valence electrons. The summed E-state index contributed by atoms with van der Waals surface area (Å²) in [7, 11) is 1.24. The third-order valence-corrected chi connectivity index (χ3v) is 3.56. The molecule has 0 saturated heterocycles. The molecule has 0 aliphatic heterocycles. The summed E-state index contributed by atoms with van der Waals surface area (Å²) >= 11 is 0. The molecule has 2 N–H and O–H groups in total. The second kappa shape index (κ2) is 7.81. The van der Waals surface area contributed by atoms with Gasteiger partial charge in [0.15, 0.2) is 5.75 Å². The Bertz CT molecular complexity index is 944. The van der Waals surface area contributed by atoms with E-state index in [4.69, 9.17) is 4.74 Å². The summed E-state index contributed by atoms with van der Waals surface area (Å²) in [6.45, 7) is 1.81. The summed E-state index contributed by atoms with van der Waals surface area (Å²) < 4.78 is 4.90. The fraction of sp³-hybridized carbons (Fsp3) is 0.111. The smallest absolute Gasteiger partial charge is 0.315 e. The minimum absolute atomic E-state index is 0.137. The van der Waals surface area contributed by atoms with Gasteiger partial charge in [-0.15, -0.1) is 0 Å². The first kappa shape index (κ1) is 18.5. The number of hydrogen-bond donors (Lipinski definition) is 2. The molecule has 2 rings (SSSR count). The van der Waals surface area contributed by atoms with Crippen molar-refractivity contribution in [1.82, 2.24) is 0 Å². The molecular weight excluding hydrogens is 338 g/mol. The van der Waals surface area contributed by atoms with Gasteiger partial charge in [0.25, 0.3) is 5.91 Å². The Morgan fingerprint density at radius 3 is 2.65 bits per heavy atom. The summed E-state index contributed by atoms with van der Waals surface area (Å²) in [5.41, 5.74) is 0.693. The Morgan fingerprint density at radius 1 is 1.38 bits per heavy atom. The van der Waals surface area contributed by atoms with Crippen molar-refractivity contribution >= 4 is 23.4 Å². The summed E-state index contributed by atoms with van der Waals surface area (Å²) in [5.74, 6) is -1.42. The molecule has 26 heavy (non-hydrogen) atoms. The average Bonchev–Trinajstić information content (AvgIpc) is 2.62. The number of phenols is 1. The van der Waals surface area contributed by atoms with E-state index in [-0.39, 0.29) is 16.9 Å². The number of nitriles is 1. The lowest BCUT2D eigenvalue weighted by Crippen LogP contribution is -2.14. The summed E-state index contributed by atoms with van der Waals surface area (Å²) in [5, 5.41) is 32.7. The normalized spacial score (nSPS) is 10.7. The van der Waals surface area contributed by atoms with Crippen LogP contribution in [0.15, 0.2) is 42.0 Å². The highest BCUT2D eigenvalue weighted by atomic mass is 16.6. The third kappa shape index (κ3) is 3.96. The molecule has 0 aliphatic rings. The number of rotatable bonds is 5. The van der Waals surface area contributed by atoms with Crippen LogP contribution < -0.4 is 10.1 Å². The summed E-state index contributed by atoms with van der Waals surface area (Å²) in [6.07, 6.45) is 1.18. The highest BCUT2D eigenvalue weighted by Gasteiger charge is 2.20. The lowest BCUT2D eigenvalue weighted by Gasteiger charge is -2.08. The number of amides is 1. The van der Waals surface area contributed by atoms with E-state index in [1.807, 2.05) is 6.07 Å². The molecule has 0 unspecified atom stereocenters. The van der Waals surface area contributed by atoms with E-state index in [2.05, 4.69) is 5.32 Å². The van der Waals surface area contributed by atoms with Gasteiger partial charge in [-0.3, -0.25) is 14.9 Å². The number of aryl methyl sites for hydroxylation is 1. The van der Waals surface area contributed by atoms with Crippen LogP contribution in [0.1, 0.15) is 11.1 Å². The Labute approximate surface area is 149 Å². The largest absolute Gasteiger partial charge is 0.500 e. The van der Waals surface area contributed by atoms with Crippen molar-refractivity contribution in [2.24, 2.45) is 0 Å². The fourth-order valence-electron chi connectivity index (χ4n) is 2.21. The van der Waals surface area contributed by atoms with Gasteiger partial charge >= 0.3 is 5.69 Å². The lowest BCUT2D eigenvalue weighted by atomic mass is 10.1. The molecule has 0 heterocycles. The molecule has 0 spiro atoms. The maximum absolute atomic E-state index is 12.3. The topological polar surface area (TPSA) is 125 Å². The van der Waals surface area contributed by atoms with E-state index in [9.17, 15) is 25.3 Å². The monoisotopic (exact) mass is 353 g/mol. The first-order valence-corrected chi connectivity index (χ1v) is 7.41. The number of methoxy groups -OCH3 is 1. The van der Waals surface area contributed by atoms with Gasteiger partial charge in [0.05, 0.1) is 12.0 Å². The molecule has 0 saturated carbocycles. The standard InChI is InChI=1S/C18H15N3O5/c1-11-5-3-4-6-14(11)20-18(23)13(10-19)7-12-8-15(21(24)25)17(22)16(9-12)26-2/h3-9,22H,1-2H3,(H,20,23). The molecule has 0 radical (unpaired) electrons. The van der Waals surface area contributed by atoms with Crippen molar-refractivity contribution in [2.45, 2.75) is 6.92 Å². The van der Waals surface area contributed by atoms with Gasteiger partial charge in [-0.2, -0.15) is 5.26 Å². The summed E-state index contributed by atoms with van der Waals surface area (Å²) in [4.78, 5) is 22.6. The van der Waals surface area contributed by atoms with Crippen LogP contribution in [0.25, 0.3) is 6.08 Å². The first-order chi connectivity index (χ1) is 12.4. The minimum atomic E-state index is -0.783. The number of nitro groups is 1. The highest BCUT2D eigenvalue weighted by molar-refractivity contribution is 6.10. The van der Waals surface area contributed by atoms with E-state index in [1.165, 1.54) is 19.3 Å². The number of phenolic OH excluding ortho intramolecular Hbond substituents is 1. The Hall–Kier alpha value is -3.86. The van der Waals surface area contributed by atoms with Gasteiger partial charge < -0.3 is 15.2 Å². The zero-order valence-electron chi connectivity index (χ0n) is 14.0. The van der Waals surface area contributed by atoms with Gasteiger partial charge in [0.1, 0.15) is 11.6 Å². The van der Waals surface area contributed by atoms with Gasteiger partial charge in [-0.05, 0) is 36.3 Å². The molecule has 0 aliphatic carbocycles. The molecule has 1 amide bonds. The molecule has 0 aromatic heterocycles. The predicted octanol–water partition coefficient (Wildman–Crippen LogP) is 3.16. The van der Waals surface area contributed by atoms with Crippen LogP contribution in [-0.4, -0.2) is 23.0 Å². The van der Waals surface area contributed by atoms with Crippen LogP contribution >= 0.6 is 0 Å². The van der Waals surface area contributed by atoms with Crippen LogP contribution in [0, 0.1) is 28.4 Å².